The number of aliphatic hydroxyl groups is 1. The molecule has 0 bridgehead atoms. The fourth-order valence-electron chi connectivity index (χ4n) is 6.75. The van der Waals surface area contributed by atoms with Crippen LogP contribution in [-0.2, 0) is 36.8 Å². The van der Waals surface area contributed by atoms with E-state index in [9.17, 15) is 18.3 Å². The molecule has 1 aromatic heterocycles. The number of hydrogen-bond acceptors (Lipinski definition) is 6. The van der Waals surface area contributed by atoms with E-state index in [1.165, 1.54) is 20.4 Å². The number of aromatic nitrogens is 2. The number of hydrogen-bond donors (Lipinski definition) is 2. The molecule has 2 N–H and O–H groups in total. The molecule has 0 saturated heterocycles. The van der Waals surface area contributed by atoms with Crippen molar-refractivity contribution < 1.29 is 22.7 Å². The van der Waals surface area contributed by atoms with E-state index in [4.69, 9.17) is 4.43 Å². The summed E-state index contributed by atoms with van der Waals surface area (Å²) in [6.07, 6.45) is 3.81. The minimum atomic E-state index is -3.93. The van der Waals surface area contributed by atoms with Crippen molar-refractivity contribution >= 4 is 24.4 Å². The average molecular weight is 619 g/mol. The topological polar surface area (TPSA) is 114 Å². The third-order valence-corrected chi connectivity index (χ3v) is 16.7. The number of carbonyl (C=O) groups is 1. The number of allylic oxidation sites excluding steroid dienone is 1. The molecule has 9 nitrogen and oxygen atoms in total. The van der Waals surface area contributed by atoms with Gasteiger partial charge in [0.2, 0.25) is 5.91 Å². The van der Waals surface area contributed by atoms with Crippen molar-refractivity contribution in [2.75, 3.05) is 20.7 Å². The second-order valence-corrected chi connectivity index (χ2v) is 20.6. The molecule has 3 rings (SSSR count). The molecule has 42 heavy (non-hydrogen) atoms. The maximum Gasteiger partial charge on any atom is 0.308 e. The highest BCUT2D eigenvalue weighted by atomic mass is 32.2. The van der Waals surface area contributed by atoms with Crippen LogP contribution < -0.4 is 5.32 Å². The molecular weight excluding hydrogens is 569 g/mol. The van der Waals surface area contributed by atoms with Gasteiger partial charge in [0.1, 0.15) is 6.33 Å². The molecule has 234 valence electrons. The average Bonchev–Trinajstić information content (AvgIpc) is 3.33. The summed E-state index contributed by atoms with van der Waals surface area (Å²) in [5, 5.41) is 15.0. The molecule has 2 atom stereocenters. The zero-order valence-corrected chi connectivity index (χ0v) is 28.7. The predicted molar refractivity (Wildman–Crippen MR) is 170 cm³/mol. The largest absolute Gasteiger partial charge is 0.416 e. The van der Waals surface area contributed by atoms with Gasteiger partial charge in [-0.25, -0.2) is 8.96 Å². The van der Waals surface area contributed by atoms with Crippen LogP contribution in [0.25, 0.3) is 0 Å². The van der Waals surface area contributed by atoms with E-state index in [0.717, 1.165) is 13.8 Å². The van der Waals surface area contributed by atoms with Crippen LogP contribution in [0.15, 0.2) is 48.8 Å². The van der Waals surface area contributed by atoms with Crippen LogP contribution in [-0.4, -0.2) is 67.8 Å². The molecule has 2 unspecified atom stereocenters. The van der Waals surface area contributed by atoms with Gasteiger partial charge >= 0.3 is 10.2 Å². The smallest absolute Gasteiger partial charge is 0.308 e. The minimum Gasteiger partial charge on any atom is -0.416 e. The molecule has 0 saturated carbocycles. The van der Waals surface area contributed by atoms with Crippen LogP contribution >= 0.6 is 0 Å². The normalized spacial score (nSPS) is 22.5. The molecule has 1 aromatic carbocycles. The fraction of sp³-hybridized carbons (Fsp3) is 0.613. The van der Waals surface area contributed by atoms with Gasteiger partial charge in [-0.05, 0) is 28.6 Å². The number of imidazole rings is 1. The summed E-state index contributed by atoms with van der Waals surface area (Å²) in [6.45, 7) is 17.5. The summed E-state index contributed by atoms with van der Waals surface area (Å²) in [6, 6.07) is 9.47. The van der Waals surface area contributed by atoms with Gasteiger partial charge in [0.25, 0.3) is 0 Å². The summed E-state index contributed by atoms with van der Waals surface area (Å²) < 4.78 is 35.4. The first-order chi connectivity index (χ1) is 19.4. The highest BCUT2D eigenvalue weighted by molar-refractivity contribution is 7.87. The van der Waals surface area contributed by atoms with Crippen LogP contribution in [0.5, 0.6) is 0 Å². The Morgan fingerprint density at radius 1 is 1.10 bits per heavy atom. The molecular formula is C31H50N4O5SSi. The number of amides is 1. The number of rotatable bonds is 10. The Labute approximate surface area is 253 Å². The van der Waals surface area contributed by atoms with Crippen molar-refractivity contribution in [3.63, 3.8) is 0 Å². The third kappa shape index (κ3) is 6.31. The highest BCUT2D eigenvalue weighted by Gasteiger charge is 2.47. The van der Waals surface area contributed by atoms with Crippen molar-refractivity contribution in [1.29, 1.82) is 0 Å². The molecule has 0 radical (unpaired) electrons. The van der Waals surface area contributed by atoms with Crippen molar-refractivity contribution in [2.24, 2.45) is 0 Å². The number of carbonyl (C=O) groups excluding carboxylic acids is 1. The maximum absolute atomic E-state index is 13.9. The zero-order chi connectivity index (χ0) is 31.7. The van der Waals surface area contributed by atoms with Gasteiger partial charge in [-0.15, -0.1) is 0 Å². The third-order valence-electron chi connectivity index (χ3n) is 8.89. The van der Waals surface area contributed by atoms with Gasteiger partial charge in [-0.2, -0.15) is 12.7 Å². The molecule has 1 aliphatic heterocycles. The first-order valence-electron chi connectivity index (χ1n) is 14.8. The lowest BCUT2D eigenvalue weighted by Crippen LogP contribution is -2.56. The van der Waals surface area contributed by atoms with E-state index in [2.05, 4.69) is 51.8 Å². The Hall–Kier alpha value is -2.31. The summed E-state index contributed by atoms with van der Waals surface area (Å²) in [4.78, 5) is 18.4. The number of benzene rings is 1. The molecule has 1 aliphatic rings. The summed E-state index contributed by atoms with van der Waals surface area (Å²) >= 11 is 0. The van der Waals surface area contributed by atoms with Gasteiger partial charge in [-0.3, -0.25) is 4.79 Å². The lowest BCUT2D eigenvalue weighted by Gasteiger charge is -2.44. The molecule has 0 aliphatic carbocycles. The van der Waals surface area contributed by atoms with E-state index in [1.54, 1.807) is 6.08 Å². The quantitative estimate of drug-likeness (QED) is 0.290. The van der Waals surface area contributed by atoms with E-state index in [-0.39, 0.29) is 12.1 Å². The van der Waals surface area contributed by atoms with E-state index in [1.807, 2.05) is 50.3 Å². The monoisotopic (exact) mass is 618 g/mol. The lowest BCUT2D eigenvalue weighted by atomic mass is 9.78. The van der Waals surface area contributed by atoms with Crippen LogP contribution in [0.4, 0.5) is 0 Å². The Bertz CT molecular complexity index is 1350. The standard InChI is InChI=1S/C31H50N4O5SSi/c1-22(2)42(23(3)4,24(5)6)40-19-18-31(25-14-12-11-13-15-25)27(36)16-17-30(7,8)29-26(20-28(37)33-31)35(21-32-29)41(38,39)34(9)10/h11-17,21-24,27,36H,18-20H2,1-10H3,(H,33,37)/b17-16-. The minimum absolute atomic E-state index is 0.232. The molecule has 1 amide bonds. The first kappa shape index (κ1) is 34.2. The van der Waals surface area contributed by atoms with Gasteiger partial charge < -0.3 is 14.8 Å². The van der Waals surface area contributed by atoms with E-state index in [0.29, 0.717) is 35.3 Å². The Morgan fingerprint density at radius 3 is 2.19 bits per heavy atom. The maximum atomic E-state index is 13.9. The van der Waals surface area contributed by atoms with Gasteiger partial charge in [0.15, 0.2) is 8.32 Å². The Morgan fingerprint density at radius 2 is 1.67 bits per heavy atom. The number of nitrogens with one attached hydrogen (secondary N) is 1. The summed E-state index contributed by atoms with van der Waals surface area (Å²) in [7, 11) is -3.26. The SMILES string of the molecule is CC(C)[Si](OCCC1(c2ccccc2)NC(=O)Cc2c(ncn2S(=O)(=O)N(C)C)C(C)(C)/C=C\C1O)(C(C)C)C(C)C. The fourth-order valence-corrected chi connectivity index (χ4v) is 13.2. The molecule has 0 fully saturated rings. The molecule has 0 spiro atoms. The zero-order valence-electron chi connectivity index (χ0n) is 26.9. The van der Waals surface area contributed by atoms with Gasteiger partial charge in [-0.1, -0.05) is 97.9 Å². The van der Waals surface area contributed by atoms with Crippen molar-refractivity contribution in [2.45, 2.75) is 102 Å². The Kier molecular flexibility index (Phi) is 10.4. The molecule has 2 aromatic rings. The van der Waals surface area contributed by atoms with Crippen LogP contribution in [0, 0.1) is 0 Å². The van der Waals surface area contributed by atoms with Crippen molar-refractivity contribution in [3.8, 4) is 0 Å². The van der Waals surface area contributed by atoms with Crippen LogP contribution in [0.3, 0.4) is 0 Å². The summed E-state index contributed by atoms with van der Waals surface area (Å²) in [5.41, 5.74) is 0.664. The van der Waals surface area contributed by atoms with Crippen LogP contribution in [0.2, 0.25) is 16.6 Å². The van der Waals surface area contributed by atoms with Crippen molar-refractivity contribution in [1.82, 2.24) is 18.6 Å². The van der Waals surface area contributed by atoms with E-state index >= 15 is 0 Å². The highest BCUT2D eigenvalue weighted by Crippen LogP contribution is 2.43. The molecule has 2 heterocycles. The number of nitrogens with zero attached hydrogens (tertiary/aromatic N) is 3. The predicted octanol–water partition coefficient (Wildman–Crippen LogP) is 4.88. The number of fused-ring (bicyclic) bond motifs is 1. The second-order valence-electron chi connectivity index (χ2n) is 13.1. The van der Waals surface area contributed by atoms with E-state index < -0.39 is 41.5 Å². The number of aliphatic hydroxyl groups excluding tert-OH is 1. The lowest BCUT2D eigenvalue weighted by molar-refractivity contribution is -0.124. The van der Waals surface area contributed by atoms with Crippen LogP contribution in [0.1, 0.15) is 78.8 Å². The van der Waals surface area contributed by atoms with Gasteiger partial charge in [0, 0.05) is 26.1 Å². The second kappa shape index (κ2) is 12.7. The summed E-state index contributed by atoms with van der Waals surface area (Å²) in [5.74, 6) is -0.416. The first-order valence-corrected chi connectivity index (χ1v) is 18.3. The Balaban J connectivity index is 2.15. The van der Waals surface area contributed by atoms with Gasteiger partial charge in [0.05, 0.1) is 29.5 Å². The molecule has 11 heteroatoms. The van der Waals surface area contributed by atoms with Crippen molar-refractivity contribution in [3.05, 3.63) is 65.8 Å².